The summed E-state index contributed by atoms with van der Waals surface area (Å²) >= 11 is 0. The fraction of sp³-hybridized carbons (Fsp3) is 0.600. The fourth-order valence-corrected chi connectivity index (χ4v) is 2.99. The van der Waals surface area contributed by atoms with Crippen molar-refractivity contribution in [3.8, 4) is 0 Å². The van der Waals surface area contributed by atoms with Crippen LogP contribution in [-0.4, -0.2) is 58.9 Å². The normalized spacial score (nSPS) is 22.4. The van der Waals surface area contributed by atoms with Gasteiger partial charge in [-0.05, 0) is 25.8 Å². The van der Waals surface area contributed by atoms with Crippen LogP contribution < -0.4 is 10.2 Å². The lowest BCUT2D eigenvalue weighted by molar-refractivity contribution is -0.138. The Hall–Kier alpha value is -2.18. The van der Waals surface area contributed by atoms with Gasteiger partial charge in [-0.2, -0.15) is 0 Å². The van der Waals surface area contributed by atoms with E-state index in [1.165, 1.54) is 0 Å². The molecule has 7 nitrogen and oxygen atoms in total. The molecule has 2 fully saturated rings. The Morgan fingerprint density at radius 1 is 1.32 bits per heavy atom. The molecule has 2 aliphatic rings. The molecule has 1 aromatic heterocycles. The van der Waals surface area contributed by atoms with E-state index in [2.05, 4.69) is 20.2 Å². The number of piperazine rings is 1. The Balaban J connectivity index is 1.57. The molecule has 22 heavy (non-hydrogen) atoms. The van der Waals surface area contributed by atoms with Crippen molar-refractivity contribution in [1.29, 1.82) is 0 Å². The second-order valence-corrected chi connectivity index (χ2v) is 5.79. The van der Waals surface area contributed by atoms with Crippen molar-refractivity contribution in [2.75, 3.05) is 31.1 Å². The lowest BCUT2D eigenvalue weighted by Gasteiger charge is -2.37. The molecule has 0 saturated carbocycles. The number of hydrogen-bond donors (Lipinski definition) is 1. The van der Waals surface area contributed by atoms with Crippen molar-refractivity contribution in [2.45, 2.75) is 32.2 Å². The van der Waals surface area contributed by atoms with Crippen LogP contribution in [-0.2, 0) is 9.59 Å². The predicted octanol–water partition coefficient (Wildman–Crippen LogP) is 0.102. The molecular weight excluding hydrogens is 282 g/mol. The Morgan fingerprint density at radius 2 is 2.09 bits per heavy atom. The highest BCUT2D eigenvalue weighted by atomic mass is 16.2. The van der Waals surface area contributed by atoms with E-state index in [-0.39, 0.29) is 17.9 Å². The molecule has 7 heteroatoms. The Labute approximate surface area is 129 Å². The van der Waals surface area contributed by atoms with E-state index in [0.717, 1.165) is 37.6 Å². The number of nitrogens with one attached hydrogen (secondary N) is 1. The highest BCUT2D eigenvalue weighted by Crippen LogP contribution is 2.16. The summed E-state index contributed by atoms with van der Waals surface area (Å²) in [4.78, 5) is 36.4. The predicted molar refractivity (Wildman–Crippen MR) is 81.3 cm³/mol. The molecule has 1 N–H and O–H groups in total. The number of rotatable bonds is 2. The standard InChI is InChI=1S/C15H21N5O2/c1-11-16-6-5-13(17-11)19-7-9-20(10-8-19)15(22)12-3-2-4-14(21)18-12/h5-6,12H,2-4,7-10H2,1H3,(H,18,21)/t12-/m1/s1. The smallest absolute Gasteiger partial charge is 0.245 e. The van der Waals surface area contributed by atoms with Gasteiger partial charge < -0.3 is 15.1 Å². The van der Waals surface area contributed by atoms with Gasteiger partial charge >= 0.3 is 0 Å². The van der Waals surface area contributed by atoms with Crippen LogP contribution in [0, 0.1) is 6.92 Å². The molecule has 1 aromatic rings. The summed E-state index contributed by atoms with van der Waals surface area (Å²) in [6, 6.07) is 1.56. The van der Waals surface area contributed by atoms with Crippen molar-refractivity contribution in [2.24, 2.45) is 0 Å². The number of carbonyl (C=O) groups is 2. The minimum absolute atomic E-state index is 0.0142. The third kappa shape index (κ3) is 3.18. The number of aromatic nitrogens is 2. The van der Waals surface area contributed by atoms with Crippen LogP contribution in [0.1, 0.15) is 25.1 Å². The minimum atomic E-state index is -0.339. The summed E-state index contributed by atoms with van der Waals surface area (Å²) in [6.45, 7) is 4.70. The molecule has 2 amide bonds. The van der Waals surface area contributed by atoms with E-state index in [1.54, 1.807) is 6.20 Å². The van der Waals surface area contributed by atoms with Crippen molar-refractivity contribution in [3.63, 3.8) is 0 Å². The van der Waals surface area contributed by atoms with Gasteiger partial charge in [-0.1, -0.05) is 0 Å². The van der Waals surface area contributed by atoms with E-state index in [4.69, 9.17) is 0 Å². The SMILES string of the molecule is Cc1nccc(N2CCN(C(=O)[C@H]3CCCC(=O)N3)CC2)n1. The van der Waals surface area contributed by atoms with Gasteiger partial charge in [0.25, 0.3) is 0 Å². The summed E-state index contributed by atoms with van der Waals surface area (Å²) in [5.74, 6) is 1.69. The average molecular weight is 303 g/mol. The number of nitrogens with zero attached hydrogens (tertiary/aromatic N) is 4. The van der Waals surface area contributed by atoms with E-state index >= 15 is 0 Å². The summed E-state index contributed by atoms with van der Waals surface area (Å²) in [5, 5.41) is 2.80. The summed E-state index contributed by atoms with van der Waals surface area (Å²) in [7, 11) is 0. The lowest BCUT2D eigenvalue weighted by atomic mass is 10.0. The molecule has 3 heterocycles. The summed E-state index contributed by atoms with van der Waals surface area (Å²) < 4.78 is 0. The number of aryl methyl sites for hydroxylation is 1. The van der Waals surface area contributed by atoms with Crippen LogP contribution in [0.2, 0.25) is 0 Å². The highest BCUT2D eigenvalue weighted by Gasteiger charge is 2.30. The van der Waals surface area contributed by atoms with E-state index in [1.807, 2.05) is 17.9 Å². The van der Waals surface area contributed by atoms with Crippen LogP contribution in [0.15, 0.2) is 12.3 Å². The third-order valence-electron chi connectivity index (χ3n) is 4.21. The van der Waals surface area contributed by atoms with E-state index in [0.29, 0.717) is 19.5 Å². The third-order valence-corrected chi connectivity index (χ3v) is 4.21. The summed E-state index contributed by atoms with van der Waals surface area (Å²) in [6.07, 6.45) is 3.83. The van der Waals surface area contributed by atoms with Gasteiger partial charge in [0.1, 0.15) is 17.7 Å². The van der Waals surface area contributed by atoms with Gasteiger partial charge in [-0.3, -0.25) is 9.59 Å². The number of amides is 2. The molecular formula is C15H21N5O2. The molecule has 0 aliphatic carbocycles. The van der Waals surface area contributed by atoms with E-state index < -0.39 is 0 Å². The maximum Gasteiger partial charge on any atom is 0.245 e. The summed E-state index contributed by atoms with van der Waals surface area (Å²) in [5.41, 5.74) is 0. The van der Waals surface area contributed by atoms with Crippen LogP contribution >= 0.6 is 0 Å². The van der Waals surface area contributed by atoms with Gasteiger partial charge in [-0.25, -0.2) is 9.97 Å². The second kappa shape index (κ2) is 6.29. The van der Waals surface area contributed by atoms with Crippen LogP contribution in [0.25, 0.3) is 0 Å². The first-order valence-electron chi connectivity index (χ1n) is 7.76. The number of carbonyl (C=O) groups excluding carboxylic acids is 2. The average Bonchev–Trinajstić information content (AvgIpc) is 2.54. The molecule has 1 atom stereocenters. The topological polar surface area (TPSA) is 78.4 Å². The van der Waals surface area contributed by atoms with E-state index in [9.17, 15) is 9.59 Å². The minimum Gasteiger partial charge on any atom is -0.353 e. The maximum absolute atomic E-state index is 12.5. The molecule has 0 unspecified atom stereocenters. The molecule has 0 radical (unpaired) electrons. The Morgan fingerprint density at radius 3 is 2.77 bits per heavy atom. The zero-order valence-corrected chi connectivity index (χ0v) is 12.8. The molecule has 2 saturated heterocycles. The molecule has 2 aliphatic heterocycles. The van der Waals surface area contributed by atoms with Crippen molar-refractivity contribution >= 4 is 17.6 Å². The lowest BCUT2D eigenvalue weighted by Crippen LogP contribution is -2.56. The molecule has 3 rings (SSSR count). The quantitative estimate of drug-likeness (QED) is 0.838. The van der Waals surface area contributed by atoms with Crippen molar-refractivity contribution in [1.82, 2.24) is 20.2 Å². The Kier molecular flexibility index (Phi) is 4.22. The number of anilines is 1. The highest BCUT2D eigenvalue weighted by molar-refractivity contribution is 5.88. The number of hydrogen-bond acceptors (Lipinski definition) is 5. The van der Waals surface area contributed by atoms with Crippen LogP contribution in [0.5, 0.6) is 0 Å². The number of piperidine rings is 1. The maximum atomic E-state index is 12.5. The molecule has 0 bridgehead atoms. The first kappa shape index (κ1) is 14.7. The second-order valence-electron chi connectivity index (χ2n) is 5.79. The zero-order chi connectivity index (χ0) is 15.5. The molecule has 0 aromatic carbocycles. The first-order chi connectivity index (χ1) is 10.6. The van der Waals surface area contributed by atoms with Crippen LogP contribution in [0.3, 0.4) is 0 Å². The van der Waals surface area contributed by atoms with Gasteiger partial charge in [-0.15, -0.1) is 0 Å². The van der Waals surface area contributed by atoms with Gasteiger partial charge in [0.05, 0.1) is 0 Å². The molecule has 118 valence electrons. The monoisotopic (exact) mass is 303 g/mol. The van der Waals surface area contributed by atoms with Crippen LogP contribution in [0.4, 0.5) is 5.82 Å². The van der Waals surface area contributed by atoms with Gasteiger partial charge in [0.15, 0.2) is 0 Å². The Bertz CT molecular complexity index is 569. The molecule has 0 spiro atoms. The van der Waals surface area contributed by atoms with Gasteiger partial charge in [0.2, 0.25) is 11.8 Å². The van der Waals surface area contributed by atoms with Crippen molar-refractivity contribution in [3.05, 3.63) is 18.1 Å². The van der Waals surface area contributed by atoms with Crippen molar-refractivity contribution < 1.29 is 9.59 Å². The zero-order valence-electron chi connectivity index (χ0n) is 12.8. The van der Waals surface area contributed by atoms with Gasteiger partial charge in [0, 0.05) is 38.8 Å². The largest absolute Gasteiger partial charge is 0.353 e. The fourth-order valence-electron chi connectivity index (χ4n) is 2.99. The first-order valence-corrected chi connectivity index (χ1v) is 7.76.